The number of anilines is 1. The van der Waals surface area contributed by atoms with Crippen LogP contribution in [0, 0.1) is 5.82 Å². The van der Waals surface area contributed by atoms with Gasteiger partial charge in [-0.3, -0.25) is 0 Å². The summed E-state index contributed by atoms with van der Waals surface area (Å²) >= 11 is 3.16. The van der Waals surface area contributed by atoms with E-state index in [2.05, 4.69) is 30.6 Å². The summed E-state index contributed by atoms with van der Waals surface area (Å²) in [5.41, 5.74) is 5.28. The van der Waals surface area contributed by atoms with E-state index < -0.39 is 11.9 Å². The van der Waals surface area contributed by atoms with Crippen LogP contribution in [0.3, 0.4) is 0 Å². The number of aromatic nitrogens is 2. The number of halogens is 2. The molecule has 0 saturated heterocycles. The zero-order chi connectivity index (χ0) is 12.4. The lowest BCUT2D eigenvalue weighted by molar-refractivity contribution is 0.201. The lowest BCUT2D eigenvalue weighted by atomic mass is 10.3. The summed E-state index contributed by atoms with van der Waals surface area (Å²) in [4.78, 5) is 3.80. The molecule has 2 aromatic rings. The van der Waals surface area contributed by atoms with Gasteiger partial charge in [0.05, 0.1) is 0 Å². The van der Waals surface area contributed by atoms with E-state index >= 15 is 0 Å². The van der Waals surface area contributed by atoms with Crippen molar-refractivity contribution in [3.8, 4) is 5.75 Å². The Hall–Kier alpha value is -1.63. The molecule has 0 aliphatic rings. The summed E-state index contributed by atoms with van der Waals surface area (Å²) in [6.07, 6.45) is -0.549. The van der Waals surface area contributed by atoms with Gasteiger partial charge in [0, 0.05) is 4.47 Å². The van der Waals surface area contributed by atoms with Crippen LogP contribution < -0.4 is 10.5 Å². The lowest BCUT2D eigenvalue weighted by Crippen LogP contribution is -2.06. The monoisotopic (exact) mass is 301 g/mol. The first-order valence-electron chi connectivity index (χ1n) is 4.77. The second-order valence-corrected chi connectivity index (χ2v) is 4.24. The van der Waals surface area contributed by atoms with Crippen LogP contribution in [0.2, 0.25) is 0 Å². The minimum Gasteiger partial charge on any atom is -0.480 e. The molecule has 1 aromatic heterocycles. The van der Waals surface area contributed by atoms with Gasteiger partial charge < -0.3 is 15.0 Å². The first-order chi connectivity index (χ1) is 8.06. The fourth-order valence-corrected chi connectivity index (χ4v) is 1.56. The molecule has 2 N–H and O–H groups in total. The zero-order valence-corrected chi connectivity index (χ0v) is 10.4. The molecule has 1 unspecified atom stereocenters. The molecule has 90 valence electrons. The van der Waals surface area contributed by atoms with E-state index in [0.29, 0.717) is 4.47 Å². The SMILES string of the molecule is CC(Oc1ccc(Br)cc1F)c1noc(N)n1. The van der Waals surface area contributed by atoms with Crippen LogP contribution in [0.4, 0.5) is 10.4 Å². The van der Waals surface area contributed by atoms with Gasteiger partial charge >= 0.3 is 6.01 Å². The Morgan fingerprint density at radius 1 is 1.53 bits per heavy atom. The molecule has 17 heavy (non-hydrogen) atoms. The Kier molecular flexibility index (Phi) is 3.28. The summed E-state index contributed by atoms with van der Waals surface area (Å²) in [7, 11) is 0. The molecule has 1 aromatic carbocycles. The van der Waals surface area contributed by atoms with Crippen molar-refractivity contribution in [2.24, 2.45) is 0 Å². The van der Waals surface area contributed by atoms with Gasteiger partial charge in [0.15, 0.2) is 17.7 Å². The van der Waals surface area contributed by atoms with E-state index in [4.69, 9.17) is 10.5 Å². The van der Waals surface area contributed by atoms with Crippen molar-refractivity contribution in [3.63, 3.8) is 0 Å². The molecule has 1 atom stereocenters. The highest BCUT2D eigenvalue weighted by atomic mass is 79.9. The smallest absolute Gasteiger partial charge is 0.318 e. The zero-order valence-electron chi connectivity index (χ0n) is 8.85. The molecule has 0 saturated carbocycles. The van der Waals surface area contributed by atoms with Gasteiger partial charge in [-0.25, -0.2) is 4.39 Å². The van der Waals surface area contributed by atoms with Crippen molar-refractivity contribution >= 4 is 21.9 Å². The van der Waals surface area contributed by atoms with Crippen LogP contribution in [0.15, 0.2) is 27.2 Å². The normalized spacial score (nSPS) is 12.4. The number of ether oxygens (including phenoxy) is 1. The third-order valence-corrected chi connectivity index (χ3v) is 2.51. The predicted molar refractivity (Wildman–Crippen MR) is 61.9 cm³/mol. The Morgan fingerprint density at radius 2 is 2.29 bits per heavy atom. The third-order valence-electron chi connectivity index (χ3n) is 2.02. The van der Waals surface area contributed by atoms with Crippen molar-refractivity contribution in [1.82, 2.24) is 10.1 Å². The minimum absolute atomic E-state index is 0.0493. The van der Waals surface area contributed by atoms with Crippen LogP contribution in [0.5, 0.6) is 5.75 Å². The molecule has 7 heteroatoms. The maximum atomic E-state index is 13.5. The van der Waals surface area contributed by atoms with Gasteiger partial charge in [0.2, 0.25) is 5.82 Å². The largest absolute Gasteiger partial charge is 0.480 e. The van der Waals surface area contributed by atoms with Gasteiger partial charge in [-0.05, 0) is 25.1 Å². The Bertz CT molecular complexity index is 532. The molecule has 0 amide bonds. The Balaban J connectivity index is 2.15. The van der Waals surface area contributed by atoms with Crippen LogP contribution in [0.1, 0.15) is 18.9 Å². The van der Waals surface area contributed by atoms with Crippen LogP contribution in [-0.4, -0.2) is 10.1 Å². The lowest BCUT2D eigenvalue weighted by Gasteiger charge is -2.11. The number of rotatable bonds is 3. The molecule has 0 fully saturated rings. The number of hydrogen-bond donors (Lipinski definition) is 1. The van der Waals surface area contributed by atoms with Crippen LogP contribution >= 0.6 is 15.9 Å². The summed E-state index contributed by atoms with van der Waals surface area (Å²) in [6, 6.07) is 4.45. The first kappa shape index (κ1) is 11.8. The van der Waals surface area contributed by atoms with E-state index in [0.717, 1.165) is 0 Å². The van der Waals surface area contributed by atoms with Crippen molar-refractivity contribution < 1.29 is 13.7 Å². The standard InChI is InChI=1S/C10H9BrFN3O2/c1-5(9-14-10(13)17-15-9)16-8-3-2-6(11)4-7(8)12/h2-5H,1H3,(H2,13,14,15). The van der Waals surface area contributed by atoms with Gasteiger partial charge in [0.25, 0.3) is 0 Å². The molecule has 0 aliphatic carbocycles. The number of nitrogen functional groups attached to an aromatic ring is 1. The van der Waals surface area contributed by atoms with Gasteiger partial charge in [0.1, 0.15) is 0 Å². The molecular formula is C10H9BrFN3O2. The molecule has 2 rings (SSSR count). The predicted octanol–water partition coefficient (Wildman–Crippen LogP) is 2.69. The fourth-order valence-electron chi connectivity index (χ4n) is 1.23. The quantitative estimate of drug-likeness (QED) is 0.943. The fraction of sp³-hybridized carbons (Fsp3) is 0.200. The average molecular weight is 302 g/mol. The molecule has 0 spiro atoms. The second kappa shape index (κ2) is 4.70. The van der Waals surface area contributed by atoms with E-state index in [1.807, 2.05) is 0 Å². The summed E-state index contributed by atoms with van der Waals surface area (Å²) in [5.74, 6) is -0.0865. The van der Waals surface area contributed by atoms with Crippen molar-refractivity contribution in [2.45, 2.75) is 13.0 Å². The molecule has 1 heterocycles. The Morgan fingerprint density at radius 3 is 2.88 bits per heavy atom. The van der Waals surface area contributed by atoms with E-state index in [-0.39, 0.29) is 17.6 Å². The maximum absolute atomic E-state index is 13.5. The maximum Gasteiger partial charge on any atom is 0.318 e. The van der Waals surface area contributed by atoms with E-state index in [1.54, 1.807) is 13.0 Å². The molecule has 0 radical (unpaired) electrons. The van der Waals surface area contributed by atoms with E-state index in [1.165, 1.54) is 12.1 Å². The van der Waals surface area contributed by atoms with E-state index in [9.17, 15) is 4.39 Å². The highest BCUT2D eigenvalue weighted by molar-refractivity contribution is 9.10. The molecule has 0 aliphatic heterocycles. The van der Waals surface area contributed by atoms with Crippen molar-refractivity contribution in [1.29, 1.82) is 0 Å². The number of benzene rings is 1. The molecule has 5 nitrogen and oxygen atoms in total. The number of nitrogens with zero attached hydrogens (tertiary/aromatic N) is 2. The van der Waals surface area contributed by atoms with Crippen LogP contribution in [-0.2, 0) is 0 Å². The highest BCUT2D eigenvalue weighted by Crippen LogP contribution is 2.25. The summed E-state index contributed by atoms with van der Waals surface area (Å²) < 4.78 is 24.1. The highest BCUT2D eigenvalue weighted by Gasteiger charge is 2.16. The molecular weight excluding hydrogens is 293 g/mol. The van der Waals surface area contributed by atoms with Crippen LogP contribution in [0.25, 0.3) is 0 Å². The summed E-state index contributed by atoms with van der Waals surface area (Å²) in [5, 5.41) is 3.59. The van der Waals surface area contributed by atoms with Gasteiger partial charge in [-0.2, -0.15) is 4.98 Å². The third kappa shape index (κ3) is 2.73. The second-order valence-electron chi connectivity index (χ2n) is 3.33. The Labute approximate surface area is 105 Å². The summed E-state index contributed by atoms with van der Waals surface area (Å²) in [6.45, 7) is 1.67. The molecule has 0 bridgehead atoms. The number of nitrogens with two attached hydrogens (primary N) is 1. The average Bonchev–Trinajstić information content (AvgIpc) is 2.69. The minimum atomic E-state index is -0.549. The van der Waals surface area contributed by atoms with Crippen molar-refractivity contribution in [3.05, 3.63) is 34.3 Å². The van der Waals surface area contributed by atoms with Crippen molar-refractivity contribution in [2.75, 3.05) is 5.73 Å². The topological polar surface area (TPSA) is 74.2 Å². The van der Waals surface area contributed by atoms with Gasteiger partial charge in [-0.1, -0.05) is 21.1 Å². The van der Waals surface area contributed by atoms with Gasteiger partial charge in [-0.15, -0.1) is 0 Å². The number of hydrogen-bond acceptors (Lipinski definition) is 5. The first-order valence-corrected chi connectivity index (χ1v) is 5.56.